The van der Waals surface area contributed by atoms with Crippen molar-refractivity contribution >= 4 is 34.4 Å². The molecule has 1 aromatic heterocycles. The molecule has 0 spiro atoms. The summed E-state index contributed by atoms with van der Waals surface area (Å²) in [5.41, 5.74) is 5.35. The third-order valence-corrected chi connectivity index (χ3v) is 2.19. The zero-order valence-electron chi connectivity index (χ0n) is 8.21. The Morgan fingerprint density at radius 3 is 2.94 bits per heavy atom. The van der Waals surface area contributed by atoms with Crippen molar-refractivity contribution in [3.8, 4) is 0 Å². The van der Waals surface area contributed by atoms with E-state index in [1.807, 2.05) is 0 Å². The number of hydrogen-bond donors (Lipinski definition) is 2. The highest BCUT2D eigenvalue weighted by atomic mass is 32.1. The summed E-state index contributed by atoms with van der Waals surface area (Å²) in [5.74, 6) is -1.19. The molecule has 0 aliphatic rings. The van der Waals surface area contributed by atoms with E-state index in [1.54, 1.807) is 0 Å². The summed E-state index contributed by atoms with van der Waals surface area (Å²) < 4.78 is 0. The molecule has 85 valence electrons. The lowest BCUT2D eigenvalue weighted by atomic mass is 10.3. The van der Waals surface area contributed by atoms with Gasteiger partial charge in [0.25, 0.3) is 6.29 Å². The Labute approximate surface area is 94.5 Å². The minimum atomic E-state index is -1.19. The maximum atomic E-state index is 10.5. The van der Waals surface area contributed by atoms with Crippen LogP contribution in [0, 0.1) is 0 Å². The number of carboxylic acid groups (broad SMARTS) is 1. The number of carbonyl (C=O) groups excluding carboxylic acids is 1. The van der Waals surface area contributed by atoms with E-state index < -0.39 is 12.1 Å². The number of carboxylic acids is 1. The number of aromatic nitrogens is 1. The van der Waals surface area contributed by atoms with Crippen molar-refractivity contribution in [2.45, 2.75) is 13.0 Å². The Morgan fingerprint density at radius 1 is 1.81 bits per heavy atom. The smallest absolute Gasteiger partial charge is 0.347 e. The third kappa shape index (κ3) is 3.02. The monoisotopic (exact) mass is 242 g/mol. The molecule has 8 heteroatoms. The predicted octanol–water partition coefficient (Wildman–Crippen LogP) is 0.0288. The molecule has 1 atom stereocenters. The quantitative estimate of drug-likeness (QED) is 0.556. The molecule has 0 unspecified atom stereocenters. The van der Waals surface area contributed by atoms with Crippen LogP contribution in [0.5, 0.6) is 0 Å². The van der Waals surface area contributed by atoms with Gasteiger partial charge in [-0.1, -0.05) is 5.16 Å². The van der Waals surface area contributed by atoms with Gasteiger partial charge in [-0.2, -0.15) is 0 Å². The normalized spacial score (nSPS) is 13.2. The first kappa shape index (κ1) is 12.1. The van der Waals surface area contributed by atoms with Gasteiger partial charge in [-0.25, -0.2) is 9.78 Å². The van der Waals surface area contributed by atoms with E-state index in [0.29, 0.717) is 0 Å². The van der Waals surface area contributed by atoms with Gasteiger partial charge in [-0.3, -0.25) is 4.79 Å². The summed E-state index contributed by atoms with van der Waals surface area (Å²) >= 11 is 1.12. The zero-order valence-corrected chi connectivity index (χ0v) is 9.02. The highest BCUT2D eigenvalue weighted by molar-refractivity contribution is 7.13. The number of nitrogens with two attached hydrogens (primary N) is 1. The van der Waals surface area contributed by atoms with Crippen LogP contribution in [-0.4, -0.2) is 34.2 Å². The van der Waals surface area contributed by atoms with Crippen LogP contribution < -0.4 is 5.73 Å². The predicted molar refractivity (Wildman–Crippen MR) is 56.9 cm³/mol. The molecule has 3 N–H and O–H groups in total. The number of hydrogen-bond acceptors (Lipinski definition) is 7. The van der Waals surface area contributed by atoms with Gasteiger partial charge >= 0.3 is 5.97 Å². The molecule has 1 radical (unpaired) electrons. The summed E-state index contributed by atoms with van der Waals surface area (Å²) in [6, 6.07) is 0. The second-order valence-electron chi connectivity index (χ2n) is 2.70. The Balaban J connectivity index is 2.79. The van der Waals surface area contributed by atoms with E-state index in [0.717, 1.165) is 11.3 Å². The maximum Gasteiger partial charge on any atom is 0.347 e. The number of carbonyl (C=O) groups is 1. The van der Waals surface area contributed by atoms with Crippen LogP contribution in [0.25, 0.3) is 0 Å². The summed E-state index contributed by atoms with van der Waals surface area (Å²) in [6.45, 7) is 1.28. The van der Waals surface area contributed by atoms with E-state index >= 15 is 0 Å². The van der Waals surface area contributed by atoms with Gasteiger partial charge in [-0.15, -0.1) is 11.3 Å². The molecule has 0 fully saturated rings. The Morgan fingerprint density at radius 2 is 2.50 bits per heavy atom. The molecular formula is C8H8N3O4S. The van der Waals surface area contributed by atoms with Gasteiger partial charge in [0.1, 0.15) is 5.69 Å². The van der Waals surface area contributed by atoms with Crippen molar-refractivity contribution in [2.75, 3.05) is 5.73 Å². The van der Waals surface area contributed by atoms with Crippen LogP contribution in [0.2, 0.25) is 0 Å². The highest BCUT2D eigenvalue weighted by Crippen LogP contribution is 2.11. The van der Waals surface area contributed by atoms with Crippen molar-refractivity contribution in [3.63, 3.8) is 0 Å². The van der Waals surface area contributed by atoms with Crippen LogP contribution in [0.4, 0.5) is 5.13 Å². The van der Waals surface area contributed by atoms with Crippen molar-refractivity contribution in [1.82, 2.24) is 4.98 Å². The first-order valence-electron chi connectivity index (χ1n) is 4.10. The lowest BCUT2D eigenvalue weighted by Gasteiger charge is -2.03. The summed E-state index contributed by atoms with van der Waals surface area (Å²) in [6.07, 6.45) is 0.343. The minimum Gasteiger partial charge on any atom is -0.478 e. The van der Waals surface area contributed by atoms with Crippen LogP contribution in [0.3, 0.4) is 0 Å². The highest BCUT2D eigenvalue weighted by Gasteiger charge is 2.14. The first-order chi connectivity index (χ1) is 7.54. The van der Waals surface area contributed by atoms with Gasteiger partial charge in [-0.05, 0) is 6.92 Å². The van der Waals surface area contributed by atoms with Crippen LogP contribution >= 0.6 is 11.3 Å². The lowest BCUT2D eigenvalue weighted by Crippen LogP contribution is -2.18. The molecule has 1 rings (SSSR count). The van der Waals surface area contributed by atoms with Crippen molar-refractivity contribution in [3.05, 3.63) is 11.1 Å². The molecule has 1 aromatic rings. The van der Waals surface area contributed by atoms with Crippen LogP contribution in [0.15, 0.2) is 10.5 Å². The number of oxime groups is 1. The first-order valence-corrected chi connectivity index (χ1v) is 4.98. The van der Waals surface area contributed by atoms with Crippen LogP contribution in [0.1, 0.15) is 12.6 Å². The van der Waals surface area contributed by atoms with Gasteiger partial charge in [0, 0.05) is 5.38 Å². The van der Waals surface area contributed by atoms with Gasteiger partial charge < -0.3 is 15.7 Å². The SMILES string of the molecule is C[C@H](ON=C([C]=O)c1csc(N)n1)C(=O)O. The maximum absolute atomic E-state index is 10.5. The standard InChI is InChI=1S/C8H8N3O4S/c1-4(7(13)14)15-11-5(2-12)6-3-16-8(9)10-6/h3-4H,1H3,(H2,9,10)(H,13,14)/t4-/m0/s1. The molecule has 0 saturated heterocycles. The molecule has 1 heterocycles. The number of rotatable bonds is 5. The molecule has 0 amide bonds. The minimum absolute atomic E-state index is 0.204. The van der Waals surface area contributed by atoms with E-state index in [4.69, 9.17) is 10.8 Å². The molecule has 0 aliphatic heterocycles. The second kappa shape index (κ2) is 5.21. The second-order valence-corrected chi connectivity index (χ2v) is 3.59. The lowest BCUT2D eigenvalue weighted by molar-refractivity contribution is -0.149. The molecule has 0 aromatic carbocycles. The Hall–Kier alpha value is -1.96. The van der Waals surface area contributed by atoms with Crippen molar-refractivity contribution < 1.29 is 19.5 Å². The van der Waals surface area contributed by atoms with Crippen molar-refractivity contribution in [1.29, 1.82) is 0 Å². The van der Waals surface area contributed by atoms with Gasteiger partial charge in [0.15, 0.2) is 10.8 Å². The Kier molecular flexibility index (Phi) is 3.95. The third-order valence-electron chi connectivity index (χ3n) is 1.51. The van der Waals surface area contributed by atoms with Crippen molar-refractivity contribution in [2.24, 2.45) is 5.16 Å². The van der Waals surface area contributed by atoms with E-state index in [-0.39, 0.29) is 16.5 Å². The summed E-state index contributed by atoms with van der Waals surface area (Å²) in [4.78, 5) is 29.3. The summed E-state index contributed by atoms with van der Waals surface area (Å²) in [7, 11) is 0. The molecule has 16 heavy (non-hydrogen) atoms. The number of aliphatic carboxylic acids is 1. The molecular weight excluding hydrogens is 234 g/mol. The van der Waals surface area contributed by atoms with E-state index in [1.165, 1.54) is 18.6 Å². The molecule has 7 nitrogen and oxygen atoms in total. The Bertz CT molecular complexity index is 429. The number of nitrogens with zero attached hydrogens (tertiary/aromatic N) is 2. The van der Waals surface area contributed by atoms with Crippen LogP contribution in [-0.2, 0) is 14.4 Å². The van der Waals surface area contributed by atoms with Gasteiger partial charge in [0.2, 0.25) is 6.10 Å². The number of nitrogen functional groups attached to an aromatic ring is 1. The average Bonchev–Trinajstić information content (AvgIpc) is 2.65. The van der Waals surface area contributed by atoms with E-state index in [2.05, 4.69) is 15.0 Å². The summed E-state index contributed by atoms with van der Waals surface area (Å²) in [5, 5.41) is 13.6. The molecule has 0 saturated carbocycles. The topological polar surface area (TPSA) is 115 Å². The van der Waals surface area contributed by atoms with Gasteiger partial charge in [0.05, 0.1) is 0 Å². The fourth-order valence-electron chi connectivity index (χ4n) is 0.691. The molecule has 0 aliphatic carbocycles. The zero-order chi connectivity index (χ0) is 12.1. The molecule has 0 bridgehead atoms. The number of thiazole rings is 1. The number of anilines is 1. The van der Waals surface area contributed by atoms with E-state index in [9.17, 15) is 9.59 Å². The largest absolute Gasteiger partial charge is 0.478 e. The fourth-order valence-corrected chi connectivity index (χ4v) is 1.24. The average molecular weight is 242 g/mol. The fraction of sp³-hybridized carbons (Fsp3) is 0.250.